The summed E-state index contributed by atoms with van der Waals surface area (Å²) >= 11 is 0. The van der Waals surface area contributed by atoms with Crippen LogP contribution in [0.25, 0.3) is 0 Å². The molecule has 2 fully saturated rings. The van der Waals surface area contributed by atoms with Gasteiger partial charge in [0.2, 0.25) is 5.91 Å². The summed E-state index contributed by atoms with van der Waals surface area (Å²) in [6, 6.07) is 5.23. The molecule has 20 nitrogen and oxygen atoms in total. The van der Waals surface area contributed by atoms with Gasteiger partial charge in [-0.05, 0) is 12.1 Å². The van der Waals surface area contributed by atoms with Crippen LogP contribution in [-0.2, 0) is 45.2 Å². The zero-order valence-corrected chi connectivity index (χ0v) is 34.6. The van der Waals surface area contributed by atoms with Gasteiger partial charge in [0, 0.05) is 13.0 Å². The molecule has 0 aliphatic carbocycles. The van der Waals surface area contributed by atoms with Crippen molar-refractivity contribution in [3.8, 4) is 5.75 Å². The SMILES string of the molecule is O=C1CCN(C2OC(COP(=O)([O-])OP(=O)([O-])OP(=O)([O-])OP(=O)([O-])Oc3ccccc3)C(O)C2O)C(=O)N1.[Na+].[Na+].[Na+].[Na+]. The van der Waals surface area contributed by atoms with E-state index in [0.29, 0.717) is 0 Å². The topological polar surface area (TPSA) is 306 Å². The predicted molar refractivity (Wildman–Crippen MR) is 112 cm³/mol. The molecule has 2 heterocycles. The van der Waals surface area contributed by atoms with E-state index in [1.807, 2.05) is 5.32 Å². The Morgan fingerprint density at radius 2 is 1.35 bits per heavy atom. The number of hydrogen-bond acceptors (Lipinski definition) is 18. The summed E-state index contributed by atoms with van der Waals surface area (Å²) in [7, 11) is -24.7. The van der Waals surface area contributed by atoms with E-state index in [2.05, 4.69) is 22.0 Å². The monoisotopic (exact) mass is 730 g/mol. The van der Waals surface area contributed by atoms with Crippen molar-refractivity contribution in [1.29, 1.82) is 0 Å². The molecule has 3 rings (SSSR count). The van der Waals surface area contributed by atoms with E-state index in [1.54, 1.807) is 0 Å². The Bertz CT molecular complexity index is 1280. The molecule has 3 N–H and O–H groups in total. The third-order valence-electron chi connectivity index (χ3n) is 4.69. The smallest absolute Gasteiger partial charge is 0.756 e. The van der Waals surface area contributed by atoms with Crippen LogP contribution in [-0.4, -0.2) is 64.7 Å². The fraction of sp³-hybridized carbons (Fsp3) is 0.467. The van der Waals surface area contributed by atoms with Crippen molar-refractivity contribution < 1.29 is 203 Å². The first-order valence-electron chi connectivity index (χ1n) is 10.3. The van der Waals surface area contributed by atoms with Gasteiger partial charge in [0.1, 0.15) is 24.1 Å². The fourth-order valence-electron chi connectivity index (χ4n) is 3.16. The second kappa shape index (κ2) is 19.6. The van der Waals surface area contributed by atoms with E-state index >= 15 is 0 Å². The molecular formula is C15H18N2Na4O18P4. The zero-order chi connectivity index (χ0) is 29.2. The Kier molecular flexibility index (Phi) is 21.7. The van der Waals surface area contributed by atoms with Gasteiger partial charge in [0.05, 0.1) is 6.61 Å². The maximum absolute atomic E-state index is 11.9. The van der Waals surface area contributed by atoms with Crippen molar-refractivity contribution in [2.24, 2.45) is 0 Å². The van der Waals surface area contributed by atoms with E-state index in [1.165, 1.54) is 18.2 Å². The Labute approximate surface area is 332 Å². The van der Waals surface area contributed by atoms with Gasteiger partial charge < -0.3 is 43.6 Å². The number of carbonyl (C=O) groups is 2. The van der Waals surface area contributed by atoms with Crippen LogP contribution in [0.1, 0.15) is 6.42 Å². The number of urea groups is 1. The molecule has 43 heavy (non-hydrogen) atoms. The van der Waals surface area contributed by atoms with Crippen LogP contribution in [0, 0.1) is 0 Å². The van der Waals surface area contributed by atoms with E-state index in [-0.39, 0.29) is 131 Å². The fourth-order valence-corrected chi connectivity index (χ4v) is 7.90. The molecule has 1 aromatic carbocycles. The van der Waals surface area contributed by atoms with E-state index in [4.69, 9.17) is 4.74 Å². The molecule has 0 aromatic heterocycles. The van der Waals surface area contributed by atoms with Gasteiger partial charge in [-0.15, -0.1) is 0 Å². The van der Waals surface area contributed by atoms with Crippen LogP contribution in [0.4, 0.5) is 4.79 Å². The number of para-hydroxylation sites is 1. The average molecular weight is 730 g/mol. The molecule has 28 heteroatoms. The number of carbonyl (C=O) groups excluding carboxylic acids is 2. The number of imide groups is 1. The maximum Gasteiger partial charge on any atom is 1.00 e. The number of nitrogens with one attached hydrogen (secondary N) is 1. The molecule has 1 aromatic rings. The Morgan fingerprint density at radius 3 is 1.88 bits per heavy atom. The largest absolute Gasteiger partial charge is 1.00 e. The molecular weight excluding hydrogens is 712 g/mol. The van der Waals surface area contributed by atoms with Gasteiger partial charge in [-0.25, -0.2) is 17.7 Å². The number of phosphoric acid groups is 4. The predicted octanol–water partition coefficient (Wildman–Crippen LogP) is -14.6. The minimum absolute atomic E-state index is 0. The second-order valence-electron chi connectivity index (χ2n) is 7.58. The van der Waals surface area contributed by atoms with Crippen LogP contribution in [0.2, 0.25) is 0 Å². The molecule has 0 spiro atoms. The first-order chi connectivity index (χ1) is 17.9. The van der Waals surface area contributed by atoms with Crippen LogP contribution >= 0.6 is 31.3 Å². The minimum Gasteiger partial charge on any atom is -0.756 e. The molecule has 8 atom stereocenters. The third kappa shape index (κ3) is 15.3. The Balaban J connectivity index is 0. The Hall–Kier alpha value is 2.44. The number of rotatable bonds is 12. The van der Waals surface area contributed by atoms with Crippen molar-refractivity contribution >= 4 is 43.2 Å². The molecule has 3 amide bonds. The van der Waals surface area contributed by atoms with Gasteiger partial charge in [-0.3, -0.25) is 33.3 Å². The molecule has 2 aliphatic rings. The number of aliphatic hydroxyl groups is 2. The van der Waals surface area contributed by atoms with E-state index in [0.717, 1.165) is 17.0 Å². The van der Waals surface area contributed by atoms with E-state index in [9.17, 15) is 57.6 Å². The van der Waals surface area contributed by atoms with Gasteiger partial charge in [0.25, 0.3) is 23.5 Å². The van der Waals surface area contributed by atoms with Gasteiger partial charge in [0.15, 0.2) is 6.23 Å². The van der Waals surface area contributed by atoms with Crippen LogP contribution in [0.5, 0.6) is 5.75 Å². The summed E-state index contributed by atoms with van der Waals surface area (Å²) in [6.07, 6.45) is -7.15. The number of aliphatic hydroxyl groups excluding tert-OH is 2. The summed E-state index contributed by atoms with van der Waals surface area (Å²) in [5.74, 6) is -1.04. The zero-order valence-electron chi connectivity index (χ0n) is 23.0. The molecule has 0 saturated carbocycles. The molecule has 220 valence electrons. The normalized spacial score (nSPS) is 27.2. The molecule has 2 saturated heterocycles. The average Bonchev–Trinajstić information content (AvgIpc) is 3.04. The first kappa shape index (κ1) is 47.6. The van der Waals surface area contributed by atoms with Crippen LogP contribution in [0.15, 0.2) is 30.3 Å². The van der Waals surface area contributed by atoms with Crippen molar-refractivity contribution in [3.05, 3.63) is 30.3 Å². The first-order valence-corrected chi connectivity index (χ1v) is 16.1. The van der Waals surface area contributed by atoms with Crippen LogP contribution < -0.4 is 148 Å². The maximum atomic E-state index is 11.9. The summed E-state index contributed by atoms with van der Waals surface area (Å²) in [6.45, 7) is -1.45. The van der Waals surface area contributed by atoms with Crippen LogP contribution in [0.3, 0.4) is 0 Å². The molecule has 8 unspecified atom stereocenters. The number of ether oxygens (including phenoxy) is 1. The standard InChI is InChI=1S/C15H22N2O18P4.4Na/c18-11-6-7-17(15(21)16-11)14-13(20)12(19)10(31-14)8-30-36(22,23)33-38(26,27)35-39(28,29)34-37(24,25)32-9-4-2-1-3-5-9;;;;/h1-5,10,12-14,19-20H,6-8H2,(H,22,23)(H,24,25)(H,26,27)(H,28,29)(H,16,18,21);;;;/q;4*+1/p-4. The quantitative estimate of drug-likeness (QED) is 0.133. The van der Waals surface area contributed by atoms with Crippen molar-refractivity contribution in [1.82, 2.24) is 10.2 Å². The number of nitrogens with zero attached hydrogens (tertiary/aromatic N) is 1. The minimum atomic E-state index is -6.45. The second-order valence-corrected chi connectivity index (χ2v) is 13.6. The number of benzene rings is 1. The Morgan fingerprint density at radius 1 is 0.837 bits per heavy atom. The van der Waals surface area contributed by atoms with Crippen molar-refractivity contribution in [3.63, 3.8) is 0 Å². The summed E-state index contributed by atoms with van der Waals surface area (Å²) < 4.78 is 71.4. The summed E-state index contributed by atoms with van der Waals surface area (Å²) in [5, 5.41) is 22.1. The number of hydrogen-bond donors (Lipinski definition) is 3. The van der Waals surface area contributed by atoms with Crippen molar-refractivity contribution in [2.75, 3.05) is 13.2 Å². The van der Waals surface area contributed by atoms with E-state index < -0.39 is 80.1 Å². The summed E-state index contributed by atoms with van der Waals surface area (Å²) in [5.41, 5.74) is 0. The van der Waals surface area contributed by atoms with Gasteiger partial charge in [-0.1, -0.05) is 18.2 Å². The molecule has 0 bridgehead atoms. The third-order valence-corrected chi connectivity index (χ3v) is 10.4. The van der Waals surface area contributed by atoms with Gasteiger partial charge in [-0.2, -0.15) is 0 Å². The molecule has 2 aliphatic heterocycles. The molecule has 0 radical (unpaired) electrons. The number of phosphoric ester groups is 2. The van der Waals surface area contributed by atoms with Gasteiger partial charge >= 0.3 is 132 Å². The summed E-state index contributed by atoms with van der Waals surface area (Å²) in [4.78, 5) is 71.1. The number of amides is 3. The van der Waals surface area contributed by atoms with Crippen molar-refractivity contribution in [2.45, 2.75) is 31.0 Å².